The number of benzene rings is 5. The monoisotopic (exact) mass is 503 g/mol. The maximum absolute atomic E-state index is 13.2. The van der Waals surface area contributed by atoms with Crippen LogP contribution in [0, 0.1) is 0 Å². The second-order valence-electron chi connectivity index (χ2n) is 8.37. The molecule has 1 aromatic heterocycles. The number of fused-ring (bicyclic) bond motifs is 6. The van der Waals surface area contributed by atoms with Gasteiger partial charge in [0.2, 0.25) is 0 Å². The van der Waals surface area contributed by atoms with Crippen LogP contribution in [0.3, 0.4) is 0 Å². The topological polar surface area (TPSA) is 56.3 Å². The van der Waals surface area contributed by atoms with Gasteiger partial charge >= 0.3 is 15.6 Å². The van der Waals surface area contributed by atoms with Gasteiger partial charge in [-0.3, -0.25) is 0 Å². The highest BCUT2D eigenvalue weighted by Crippen LogP contribution is 2.42. The summed E-state index contributed by atoms with van der Waals surface area (Å²) in [5.41, 5.74) is -3.48. The predicted octanol–water partition coefficient (Wildman–Crippen LogP) is 7.59. The largest absolute Gasteiger partial charge is 0.534 e. The van der Waals surface area contributed by atoms with Crippen molar-refractivity contribution in [2.45, 2.75) is 5.51 Å². The molecule has 0 atom stereocenters. The lowest BCUT2D eigenvalue weighted by atomic mass is 9.94. The van der Waals surface area contributed by atoms with E-state index < -0.39 is 21.4 Å². The first-order chi connectivity index (χ1) is 17.2. The predicted molar refractivity (Wildman–Crippen MR) is 135 cm³/mol. The SMILES string of the molecule is O=S(=O)(Oc1cccc2ccc3c(-c4ccc5ccccc5c4)nc4ccccc4c3c12)C(F)(F)F. The Hall–Kier alpha value is -4.17. The maximum Gasteiger partial charge on any atom is 0.534 e. The van der Waals surface area contributed by atoms with Gasteiger partial charge in [-0.05, 0) is 34.4 Å². The summed E-state index contributed by atoms with van der Waals surface area (Å²) < 4.78 is 68.0. The van der Waals surface area contributed by atoms with Crippen LogP contribution in [-0.2, 0) is 10.1 Å². The Morgan fingerprint density at radius 1 is 0.667 bits per heavy atom. The smallest absolute Gasteiger partial charge is 0.375 e. The van der Waals surface area contributed by atoms with E-state index in [0.717, 1.165) is 16.3 Å². The van der Waals surface area contributed by atoms with Crippen LogP contribution in [0.4, 0.5) is 13.2 Å². The summed E-state index contributed by atoms with van der Waals surface area (Å²) in [6.07, 6.45) is 0. The van der Waals surface area contributed by atoms with Crippen LogP contribution >= 0.6 is 0 Å². The quantitative estimate of drug-likeness (QED) is 0.142. The lowest BCUT2D eigenvalue weighted by Crippen LogP contribution is -2.28. The van der Waals surface area contributed by atoms with Crippen LogP contribution in [-0.4, -0.2) is 18.9 Å². The number of nitrogens with zero attached hydrogens (tertiary/aromatic N) is 1. The number of alkyl halides is 3. The molecule has 0 bridgehead atoms. The molecule has 0 saturated carbocycles. The molecule has 0 fully saturated rings. The van der Waals surface area contributed by atoms with Gasteiger partial charge in [-0.2, -0.15) is 21.6 Å². The number of para-hydroxylation sites is 1. The summed E-state index contributed by atoms with van der Waals surface area (Å²) in [6.45, 7) is 0. The second kappa shape index (κ2) is 7.93. The first kappa shape index (κ1) is 22.3. The third-order valence-corrected chi connectivity index (χ3v) is 7.14. The lowest BCUT2D eigenvalue weighted by molar-refractivity contribution is -0.0499. The third-order valence-electron chi connectivity index (χ3n) is 6.17. The van der Waals surface area contributed by atoms with Gasteiger partial charge in [0, 0.05) is 27.1 Å². The van der Waals surface area contributed by atoms with E-state index in [9.17, 15) is 21.6 Å². The van der Waals surface area contributed by atoms with E-state index in [0.29, 0.717) is 32.8 Å². The zero-order valence-corrected chi connectivity index (χ0v) is 19.3. The molecule has 0 spiro atoms. The van der Waals surface area contributed by atoms with Crippen molar-refractivity contribution in [3.63, 3.8) is 0 Å². The Labute approximate surface area is 203 Å². The Balaban J connectivity index is 1.73. The summed E-state index contributed by atoms with van der Waals surface area (Å²) >= 11 is 0. The molecule has 0 saturated heterocycles. The summed E-state index contributed by atoms with van der Waals surface area (Å²) in [6, 6.07) is 29.0. The molecule has 0 unspecified atom stereocenters. The van der Waals surface area contributed by atoms with Gasteiger partial charge in [0.25, 0.3) is 0 Å². The zero-order chi connectivity index (χ0) is 25.1. The van der Waals surface area contributed by atoms with E-state index in [1.807, 2.05) is 66.7 Å². The van der Waals surface area contributed by atoms with Crippen molar-refractivity contribution >= 4 is 53.3 Å². The van der Waals surface area contributed by atoms with Gasteiger partial charge in [0.05, 0.1) is 11.2 Å². The molecule has 0 amide bonds. The minimum Gasteiger partial charge on any atom is -0.375 e. The van der Waals surface area contributed by atoms with E-state index in [-0.39, 0.29) is 5.39 Å². The summed E-state index contributed by atoms with van der Waals surface area (Å²) in [4.78, 5) is 4.89. The molecule has 8 heteroatoms. The molecular weight excluding hydrogens is 487 g/mol. The number of hydrogen-bond acceptors (Lipinski definition) is 4. The Morgan fingerprint density at radius 2 is 1.36 bits per heavy atom. The van der Waals surface area contributed by atoms with Crippen molar-refractivity contribution < 1.29 is 25.8 Å². The Kier molecular flexibility index (Phi) is 4.91. The maximum atomic E-state index is 13.2. The van der Waals surface area contributed by atoms with E-state index in [1.54, 1.807) is 18.2 Å². The van der Waals surface area contributed by atoms with E-state index >= 15 is 0 Å². The van der Waals surface area contributed by atoms with E-state index in [4.69, 9.17) is 4.98 Å². The average molecular weight is 504 g/mol. The first-order valence-electron chi connectivity index (χ1n) is 11.0. The van der Waals surface area contributed by atoms with Crippen LogP contribution in [0.5, 0.6) is 5.75 Å². The molecule has 5 aromatic carbocycles. The van der Waals surface area contributed by atoms with Crippen LogP contribution in [0.1, 0.15) is 0 Å². The third kappa shape index (κ3) is 3.53. The number of rotatable bonds is 3. The standard InChI is InChI=1S/C28H16F3NO3S/c29-28(30,31)36(33,34)35-24-11-5-8-18-14-15-22-26(25(18)24)21-9-3-4-10-23(21)32-27(22)20-13-12-17-6-1-2-7-19(17)16-20/h1-16H. The number of halogens is 3. The highest BCUT2D eigenvalue weighted by Gasteiger charge is 2.48. The summed E-state index contributed by atoms with van der Waals surface area (Å²) in [7, 11) is -5.87. The average Bonchev–Trinajstić information content (AvgIpc) is 2.87. The number of hydrogen-bond donors (Lipinski definition) is 0. The van der Waals surface area contributed by atoms with Crippen molar-refractivity contribution in [1.29, 1.82) is 0 Å². The van der Waals surface area contributed by atoms with Crippen molar-refractivity contribution in [3.8, 4) is 17.0 Å². The van der Waals surface area contributed by atoms with Crippen LogP contribution < -0.4 is 4.18 Å². The molecule has 36 heavy (non-hydrogen) atoms. The van der Waals surface area contributed by atoms with Gasteiger partial charge in [0.15, 0.2) is 5.75 Å². The fraction of sp³-hybridized carbons (Fsp3) is 0.0357. The van der Waals surface area contributed by atoms with Crippen LogP contribution in [0.2, 0.25) is 0 Å². The molecule has 0 aliphatic rings. The van der Waals surface area contributed by atoms with Gasteiger partial charge < -0.3 is 4.18 Å². The molecule has 1 heterocycles. The molecule has 6 aromatic rings. The highest BCUT2D eigenvalue weighted by atomic mass is 32.2. The fourth-order valence-corrected chi connectivity index (χ4v) is 5.05. The van der Waals surface area contributed by atoms with E-state index in [1.165, 1.54) is 12.1 Å². The minimum absolute atomic E-state index is 0.267. The number of aromatic nitrogens is 1. The highest BCUT2D eigenvalue weighted by molar-refractivity contribution is 7.88. The van der Waals surface area contributed by atoms with Gasteiger partial charge in [-0.25, -0.2) is 4.98 Å². The molecule has 0 radical (unpaired) electrons. The molecular formula is C28H16F3NO3S. The van der Waals surface area contributed by atoms with E-state index in [2.05, 4.69) is 4.18 Å². The van der Waals surface area contributed by atoms with Gasteiger partial charge in [-0.15, -0.1) is 0 Å². The summed E-state index contributed by atoms with van der Waals surface area (Å²) in [5.74, 6) is -0.392. The first-order valence-corrected chi connectivity index (χ1v) is 12.4. The molecule has 178 valence electrons. The van der Waals surface area contributed by atoms with Crippen molar-refractivity contribution in [2.24, 2.45) is 0 Å². The van der Waals surface area contributed by atoms with Crippen molar-refractivity contribution in [1.82, 2.24) is 4.98 Å². The fourth-order valence-electron chi connectivity index (χ4n) is 4.58. The van der Waals surface area contributed by atoms with Crippen LogP contribution in [0.15, 0.2) is 97.1 Å². The zero-order valence-electron chi connectivity index (χ0n) is 18.5. The second-order valence-corrected chi connectivity index (χ2v) is 9.90. The molecule has 0 aliphatic carbocycles. The Morgan fingerprint density at radius 3 is 2.17 bits per heavy atom. The molecule has 4 nitrogen and oxygen atoms in total. The number of pyridine rings is 1. The summed E-state index contributed by atoms with van der Waals surface area (Å²) in [5, 5.41) is 4.78. The lowest BCUT2D eigenvalue weighted by Gasteiger charge is -2.16. The molecule has 6 rings (SSSR count). The minimum atomic E-state index is -5.87. The van der Waals surface area contributed by atoms with Crippen molar-refractivity contribution in [3.05, 3.63) is 97.1 Å². The van der Waals surface area contributed by atoms with Crippen molar-refractivity contribution in [2.75, 3.05) is 0 Å². The normalized spacial score (nSPS) is 12.5. The Bertz CT molecular complexity index is 1930. The molecule has 0 N–H and O–H groups in total. The van der Waals surface area contributed by atoms with Crippen LogP contribution in [0.25, 0.3) is 54.5 Å². The molecule has 0 aliphatic heterocycles. The van der Waals surface area contributed by atoms with Gasteiger partial charge in [0.1, 0.15) is 0 Å². The van der Waals surface area contributed by atoms with Gasteiger partial charge in [-0.1, -0.05) is 78.9 Å².